The molecule has 0 N–H and O–H groups in total. The molecule has 2 atom stereocenters. The Balaban J connectivity index is 1.86. The van der Waals surface area contributed by atoms with E-state index in [4.69, 9.17) is 11.6 Å². The highest BCUT2D eigenvalue weighted by Crippen LogP contribution is 2.34. The summed E-state index contributed by atoms with van der Waals surface area (Å²) in [6.45, 7) is 0.466. The van der Waals surface area contributed by atoms with E-state index in [0.717, 1.165) is 5.56 Å². The standard InChI is InChI=1S/C18H16ClFN2O2/c1-22-10-14(11-5-7-12(19)8-6-11)17(18(22)24)15(23)9-13-3-2-4-16(20)21-13/h2-8,14,17H,9-10H2,1H3/t14-,17+/m1/s1. The molecule has 2 aromatic rings. The summed E-state index contributed by atoms with van der Waals surface area (Å²) in [4.78, 5) is 30.4. The van der Waals surface area contributed by atoms with E-state index in [1.807, 2.05) is 12.1 Å². The Morgan fingerprint density at radius 3 is 2.67 bits per heavy atom. The Bertz CT molecular complexity index is 779. The van der Waals surface area contributed by atoms with Crippen LogP contribution in [0.4, 0.5) is 4.39 Å². The molecule has 0 unspecified atom stereocenters. The van der Waals surface area contributed by atoms with E-state index < -0.39 is 11.9 Å². The van der Waals surface area contributed by atoms with Crippen LogP contribution in [0, 0.1) is 11.9 Å². The summed E-state index contributed by atoms with van der Waals surface area (Å²) in [7, 11) is 1.68. The van der Waals surface area contributed by atoms with Crippen molar-refractivity contribution in [2.45, 2.75) is 12.3 Å². The van der Waals surface area contributed by atoms with Gasteiger partial charge in [-0.2, -0.15) is 4.39 Å². The minimum absolute atomic E-state index is 0.0634. The number of benzene rings is 1. The number of pyridine rings is 1. The van der Waals surface area contributed by atoms with Crippen LogP contribution in [-0.4, -0.2) is 35.2 Å². The van der Waals surface area contributed by atoms with E-state index in [2.05, 4.69) is 4.98 Å². The van der Waals surface area contributed by atoms with Gasteiger partial charge >= 0.3 is 0 Å². The number of ketones is 1. The Kier molecular flexibility index (Phi) is 4.62. The molecule has 24 heavy (non-hydrogen) atoms. The average Bonchev–Trinajstić information content (AvgIpc) is 2.83. The van der Waals surface area contributed by atoms with Gasteiger partial charge in [-0.15, -0.1) is 0 Å². The van der Waals surface area contributed by atoms with E-state index in [-0.39, 0.29) is 24.0 Å². The molecule has 0 saturated carbocycles. The molecule has 6 heteroatoms. The smallest absolute Gasteiger partial charge is 0.233 e. The van der Waals surface area contributed by atoms with Gasteiger partial charge < -0.3 is 4.90 Å². The zero-order chi connectivity index (χ0) is 17.3. The van der Waals surface area contributed by atoms with Gasteiger partial charge in [-0.25, -0.2) is 4.98 Å². The maximum absolute atomic E-state index is 13.2. The number of hydrogen-bond donors (Lipinski definition) is 0. The zero-order valence-electron chi connectivity index (χ0n) is 13.1. The van der Waals surface area contributed by atoms with Crippen LogP contribution >= 0.6 is 11.6 Å². The molecule has 4 nitrogen and oxygen atoms in total. The summed E-state index contributed by atoms with van der Waals surface area (Å²) in [5.41, 5.74) is 1.22. The van der Waals surface area contributed by atoms with E-state index in [0.29, 0.717) is 17.3 Å². The van der Waals surface area contributed by atoms with Crippen LogP contribution in [0.3, 0.4) is 0 Å². The first-order valence-corrected chi connectivity index (χ1v) is 7.98. The summed E-state index contributed by atoms with van der Waals surface area (Å²) < 4.78 is 13.2. The number of carbonyl (C=O) groups is 2. The highest BCUT2D eigenvalue weighted by molar-refractivity contribution is 6.30. The van der Waals surface area contributed by atoms with Crippen molar-refractivity contribution in [3.8, 4) is 0 Å². The Labute approximate surface area is 144 Å². The summed E-state index contributed by atoms with van der Waals surface area (Å²) >= 11 is 5.91. The second kappa shape index (κ2) is 6.69. The molecule has 124 valence electrons. The summed E-state index contributed by atoms with van der Waals surface area (Å²) in [5.74, 6) is -2.11. The molecule has 1 aromatic heterocycles. The van der Waals surface area contributed by atoms with Gasteiger partial charge in [0.1, 0.15) is 5.92 Å². The number of carbonyl (C=O) groups excluding carboxylic acids is 2. The molecule has 0 radical (unpaired) electrons. The third-order valence-corrected chi connectivity index (χ3v) is 4.54. The van der Waals surface area contributed by atoms with Crippen LogP contribution in [-0.2, 0) is 16.0 Å². The van der Waals surface area contributed by atoms with Crippen LogP contribution in [0.2, 0.25) is 5.02 Å². The number of aromatic nitrogens is 1. The minimum atomic E-state index is -0.777. The average molecular weight is 347 g/mol. The summed E-state index contributed by atoms with van der Waals surface area (Å²) in [6.07, 6.45) is -0.0634. The van der Waals surface area contributed by atoms with Gasteiger partial charge in [0, 0.05) is 31.0 Å². The first kappa shape index (κ1) is 16.6. The number of likely N-dealkylation sites (N-methyl/N-ethyl adjacent to an activating group) is 1. The van der Waals surface area contributed by atoms with Crippen LogP contribution in [0.15, 0.2) is 42.5 Å². The maximum Gasteiger partial charge on any atom is 0.233 e. The number of hydrogen-bond acceptors (Lipinski definition) is 3. The van der Waals surface area contributed by atoms with Crippen molar-refractivity contribution in [1.29, 1.82) is 0 Å². The second-order valence-corrected chi connectivity index (χ2v) is 6.39. The predicted octanol–water partition coefficient (Wildman–Crippen LogP) is 2.86. The van der Waals surface area contributed by atoms with E-state index in [1.165, 1.54) is 12.1 Å². The molecule has 1 fully saturated rings. The SMILES string of the molecule is CN1C[C@H](c2ccc(Cl)cc2)[C@@H](C(=O)Cc2cccc(F)n2)C1=O. The fourth-order valence-electron chi connectivity index (χ4n) is 3.11. The van der Waals surface area contributed by atoms with Crippen molar-refractivity contribution >= 4 is 23.3 Å². The highest BCUT2D eigenvalue weighted by atomic mass is 35.5. The lowest BCUT2D eigenvalue weighted by atomic mass is 9.84. The number of amides is 1. The second-order valence-electron chi connectivity index (χ2n) is 5.95. The molecule has 1 amide bonds. The molecule has 3 rings (SSSR count). The number of rotatable bonds is 4. The van der Waals surface area contributed by atoms with E-state index in [1.54, 1.807) is 30.1 Å². The number of halogens is 2. The molecule has 2 heterocycles. The molecule has 0 aliphatic carbocycles. The van der Waals surface area contributed by atoms with Crippen LogP contribution in [0.5, 0.6) is 0 Å². The third-order valence-electron chi connectivity index (χ3n) is 4.29. The number of likely N-dealkylation sites (tertiary alicyclic amines) is 1. The predicted molar refractivity (Wildman–Crippen MR) is 88.2 cm³/mol. The van der Waals surface area contributed by atoms with Gasteiger partial charge in [-0.1, -0.05) is 29.8 Å². The van der Waals surface area contributed by atoms with Gasteiger partial charge in [0.05, 0.1) is 5.69 Å². The minimum Gasteiger partial charge on any atom is -0.344 e. The molecular weight excluding hydrogens is 331 g/mol. The molecule has 0 bridgehead atoms. The molecule has 1 saturated heterocycles. The topological polar surface area (TPSA) is 50.3 Å². The van der Waals surface area contributed by atoms with Crippen molar-refractivity contribution in [2.75, 3.05) is 13.6 Å². The van der Waals surface area contributed by atoms with Crippen molar-refractivity contribution in [3.05, 3.63) is 64.7 Å². The van der Waals surface area contributed by atoms with Crippen LogP contribution in [0.1, 0.15) is 17.2 Å². The Morgan fingerprint density at radius 2 is 2.00 bits per heavy atom. The van der Waals surface area contributed by atoms with E-state index >= 15 is 0 Å². The monoisotopic (exact) mass is 346 g/mol. The number of Topliss-reactive ketones (excluding diaryl/α,β-unsaturated/α-hetero) is 1. The van der Waals surface area contributed by atoms with Crippen molar-refractivity contribution in [2.24, 2.45) is 5.92 Å². The van der Waals surface area contributed by atoms with Crippen molar-refractivity contribution in [1.82, 2.24) is 9.88 Å². The lowest BCUT2D eigenvalue weighted by Gasteiger charge is -2.16. The molecule has 1 aliphatic rings. The first-order valence-electron chi connectivity index (χ1n) is 7.60. The van der Waals surface area contributed by atoms with Crippen LogP contribution in [0.25, 0.3) is 0 Å². The van der Waals surface area contributed by atoms with E-state index in [9.17, 15) is 14.0 Å². The van der Waals surface area contributed by atoms with Gasteiger partial charge in [-0.3, -0.25) is 9.59 Å². The molecule has 1 aliphatic heterocycles. The summed E-state index contributed by atoms with van der Waals surface area (Å²) in [5, 5.41) is 0.600. The largest absolute Gasteiger partial charge is 0.344 e. The normalized spacial score (nSPS) is 20.5. The zero-order valence-corrected chi connectivity index (χ0v) is 13.8. The van der Waals surface area contributed by atoms with Gasteiger partial charge in [-0.05, 0) is 29.8 Å². The fourth-order valence-corrected chi connectivity index (χ4v) is 3.23. The van der Waals surface area contributed by atoms with Crippen LogP contribution < -0.4 is 0 Å². The molecule has 0 spiro atoms. The molecule has 1 aromatic carbocycles. The highest BCUT2D eigenvalue weighted by Gasteiger charge is 2.43. The lowest BCUT2D eigenvalue weighted by Crippen LogP contribution is -2.29. The molecular formula is C18H16ClFN2O2. The van der Waals surface area contributed by atoms with Gasteiger partial charge in [0.15, 0.2) is 5.78 Å². The quantitative estimate of drug-likeness (QED) is 0.632. The van der Waals surface area contributed by atoms with Gasteiger partial charge in [0.2, 0.25) is 11.9 Å². The Morgan fingerprint density at radius 1 is 1.29 bits per heavy atom. The lowest BCUT2D eigenvalue weighted by molar-refractivity contribution is -0.136. The summed E-state index contributed by atoms with van der Waals surface area (Å²) in [6, 6.07) is 11.5. The Hall–Kier alpha value is -2.27. The van der Waals surface area contributed by atoms with Crippen molar-refractivity contribution in [3.63, 3.8) is 0 Å². The fraction of sp³-hybridized carbons (Fsp3) is 0.278. The first-order chi connectivity index (χ1) is 11.5. The maximum atomic E-state index is 13.2. The van der Waals surface area contributed by atoms with Crippen molar-refractivity contribution < 1.29 is 14.0 Å². The number of nitrogens with zero attached hydrogens (tertiary/aromatic N) is 2. The van der Waals surface area contributed by atoms with Gasteiger partial charge in [0.25, 0.3) is 0 Å². The third kappa shape index (κ3) is 3.31.